The van der Waals surface area contributed by atoms with Crippen molar-refractivity contribution >= 4 is 23.2 Å². The van der Waals surface area contributed by atoms with E-state index in [2.05, 4.69) is 15.4 Å². The van der Waals surface area contributed by atoms with Crippen LogP contribution in [0, 0.1) is 11.6 Å². The van der Waals surface area contributed by atoms with Crippen molar-refractivity contribution in [2.75, 3.05) is 5.32 Å². The summed E-state index contributed by atoms with van der Waals surface area (Å²) in [6.45, 7) is 0. The van der Waals surface area contributed by atoms with Gasteiger partial charge in [0.15, 0.2) is 5.82 Å². The minimum absolute atomic E-state index is 0.307. The van der Waals surface area contributed by atoms with E-state index in [1.54, 1.807) is 41.1 Å². The maximum absolute atomic E-state index is 13.5. The van der Waals surface area contributed by atoms with E-state index in [0.29, 0.717) is 16.8 Å². The number of allylic oxidation sites excluding steroid dienone is 1. The van der Waals surface area contributed by atoms with Gasteiger partial charge in [0.05, 0.1) is 0 Å². The van der Waals surface area contributed by atoms with E-state index in [9.17, 15) is 8.78 Å². The summed E-state index contributed by atoms with van der Waals surface area (Å²) < 4.78 is 28.6. The third-order valence-corrected chi connectivity index (χ3v) is 5.19. The molecule has 1 aliphatic rings. The first kappa shape index (κ1) is 18.5. The van der Waals surface area contributed by atoms with Crippen molar-refractivity contribution in [2.24, 2.45) is 0 Å². The normalized spacial score (nSPS) is 15.3. The molecule has 1 N–H and O–H groups in total. The van der Waals surface area contributed by atoms with E-state index in [1.165, 1.54) is 24.3 Å². The molecule has 0 aliphatic carbocycles. The standard InChI is InChI=1S/C23H15ClF2N4/c24-17-7-1-16(2-8-17)22-28-23-27-20(14-3-9-18(25)10-4-14)13-21(30(23)29-22)15-5-11-19(26)12-6-15/h1-13,21H,(H,27,28,29)/t21-/m0/s1. The van der Waals surface area contributed by atoms with Gasteiger partial charge in [0, 0.05) is 16.3 Å². The minimum Gasteiger partial charge on any atom is -0.324 e. The van der Waals surface area contributed by atoms with E-state index in [-0.39, 0.29) is 17.7 Å². The second-order valence-corrected chi connectivity index (χ2v) is 7.36. The fourth-order valence-corrected chi connectivity index (χ4v) is 3.54. The zero-order chi connectivity index (χ0) is 20.7. The van der Waals surface area contributed by atoms with Crippen LogP contribution in [0.15, 0.2) is 78.9 Å². The number of rotatable bonds is 3. The number of anilines is 1. The Balaban J connectivity index is 1.61. The van der Waals surface area contributed by atoms with Gasteiger partial charge in [0.2, 0.25) is 5.95 Å². The van der Waals surface area contributed by atoms with Crippen LogP contribution in [0.1, 0.15) is 17.2 Å². The lowest BCUT2D eigenvalue weighted by molar-refractivity contribution is 0.604. The van der Waals surface area contributed by atoms with Crippen molar-refractivity contribution in [3.05, 3.63) is 107 Å². The number of nitrogens with zero attached hydrogens (tertiary/aromatic N) is 3. The first-order chi connectivity index (χ1) is 14.6. The molecule has 0 amide bonds. The van der Waals surface area contributed by atoms with Gasteiger partial charge in [-0.15, -0.1) is 5.10 Å². The van der Waals surface area contributed by atoms with Crippen molar-refractivity contribution in [1.29, 1.82) is 0 Å². The van der Waals surface area contributed by atoms with Gasteiger partial charge >= 0.3 is 0 Å². The van der Waals surface area contributed by atoms with Crippen LogP contribution in [-0.2, 0) is 0 Å². The number of benzene rings is 3. The summed E-state index contributed by atoms with van der Waals surface area (Å²) >= 11 is 5.99. The average Bonchev–Trinajstić information content (AvgIpc) is 3.19. The Morgan fingerprint density at radius 3 is 2.07 bits per heavy atom. The van der Waals surface area contributed by atoms with E-state index in [0.717, 1.165) is 22.4 Å². The monoisotopic (exact) mass is 420 g/mol. The first-order valence-electron chi connectivity index (χ1n) is 9.29. The molecule has 4 nitrogen and oxygen atoms in total. The van der Waals surface area contributed by atoms with E-state index >= 15 is 0 Å². The molecular weight excluding hydrogens is 406 g/mol. The molecule has 30 heavy (non-hydrogen) atoms. The second kappa shape index (κ2) is 7.39. The zero-order valence-corrected chi connectivity index (χ0v) is 16.3. The van der Waals surface area contributed by atoms with E-state index < -0.39 is 0 Å². The van der Waals surface area contributed by atoms with Crippen molar-refractivity contribution in [3.8, 4) is 11.4 Å². The highest BCUT2D eigenvalue weighted by Gasteiger charge is 2.25. The van der Waals surface area contributed by atoms with Crippen molar-refractivity contribution in [2.45, 2.75) is 6.04 Å². The van der Waals surface area contributed by atoms with Crippen LogP contribution in [0.5, 0.6) is 0 Å². The highest BCUT2D eigenvalue weighted by molar-refractivity contribution is 6.30. The number of fused-ring (bicyclic) bond motifs is 1. The molecule has 0 unspecified atom stereocenters. The van der Waals surface area contributed by atoms with Crippen LogP contribution in [0.25, 0.3) is 17.1 Å². The molecule has 1 aliphatic heterocycles. The second-order valence-electron chi connectivity index (χ2n) is 6.92. The maximum atomic E-state index is 13.5. The lowest BCUT2D eigenvalue weighted by atomic mass is 10.0. The summed E-state index contributed by atoms with van der Waals surface area (Å²) in [6.07, 6.45) is 1.97. The number of nitrogens with one attached hydrogen (secondary N) is 1. The molecule has 3 aromatic carbocycles. The van der Waals surface area contributed by atoms with Gasteiger partial charge in [-0.25, -0.2) is 13.5 Å². The van der Waals surface area contributed by atoms with E-state index in [4.69, 9.17) is 11.6 Å². The minimum atomic E-state index is -0.310. The Labute approximate surface area is 176 Å². The number of halogens is 3. The summed E-state index contributed by atoms with van der Waals surface area (Å²) in [5.41, 5.74) is 3.26. The summed E-state index contributed by atoms with van der Waals surface area (Å²) in [6, 6.07) is 19.4. The van der Waals surface area contributed by atoms with Gasteiger partial charge in [-0.3, -0.25) is 0 Å². The van der Waals surface area contributed by atoms with Crippen molar-refractivity contribution in [3.63, 3.8) is 0 Å². The SMILES string of the molecule is Fc1ccc(C2=C[C@@H](c3ccc(F)cc3)n3nc(-c4ccc(Cl)cc4)nc3N2)cc1. The van der Waals surface area contributed by atoms with Crippen LogP contribution in [-0.4, -0.2) is 14.8 Å². The van der Waals surface area contributed by atoms with Crippen molar-refractivity contribution < 1.29 is 8.78 Å². The number of aromatic nitrogens is 3. The van der Waals surface area contributed by atoms with Crippen LogP contribution >= 0.6 is 11.6 Å². The molecule has 1 atom stereocenters. The molecule has 5 rings (SSSR count). The third-order valence-electron chi connectivity index (χ3n) is 4.93. The van der Waals surface area contributed by atoms with Crippen LogP contribution in [0.4, 0.5) is 14.7 Å². The van der Waals surface area contributed by atoms with Gasteiger partial charge in [-0.1, -0.05) is 23.7 Å². The molecule has 148 valence electrons. The van der Waals surface area contributed by atoms with Crippen LogP contribution in [0.3, 0.4) is 0 Å². The maximum Gasteiger partial charge on any atom is 0.227 e. The highest BCUT2D eigenvalue weighted by atomic mass is 35.5. The fourth-order valence-electron chi connectivity index (χ4n) is 3.41. The Morgan fingerprint density at radius 1 is 0.800 bits per heavy atom. The van der Waals surface area contributed by atoms with Gasteiger partial charge in [-0.2, -0.15) is 4.98 Å². The number of hydrogen-bond acceptors (Lipinski definition) is 3. The van der Waals surface area contributed by atoms with Gasteiger partial charge in [0.1, 0.15) is 17.7 Å². The molecule has 4 aromatic rings. The highest BCUT2D eigenvalue weighted by Crippen LogP contribution is 2.34. The third kappa shape index (κ3) is 3.46. The molecule has 0 saturated carbocycles. The first-order valence-corrected chi connectivity index (χ1v) is 9.67. The molecular formula is C23H15ClF2N4. The molecule has 0 bridgehead atoms. The Morgan fingerprint density at radius 2 is 1.40 bits per heavy atom. The predicted octanol–water partition coefficient (Wildman–Crippen LogP) is 5.93. The summed E-state index contributed by atoms with van der Waals surface area (Å²) in [5, 5.41) is 8.58. The van der Waals surface area contributed by atoms with E-state index in [1.807, 2.05) is 18.2 Å². The van der Waals surface area contributed by atoms with Gasteiger partial charge < -0.3 is 5.32 Å². The van der Waals surface area contributed by atoms with Crippen LogP contribution < -0.4 is 5.32 Å². The van der Waals surface area contributed by atoms with Gasteiger partial charge in [-0.05, 0) is 77.9 Å². The molecule has 0 radical (unpaired) electrons. The largest absolute Gasteiger partial charge is 0.324 e. The molecule has 7 heteroatoms. The topological polar surface area (TPSA) is 42.7 Å². The average molecular weight is 421 g/mol. The Kier molecular flexibility index (Phi) is 4.56. The summed E-state index contributed by atoms with van der Waals surface area (Å²) in [4.78, 5) is 4.65. The lowest BCUT2D eigenvalue weighted by Gasteiger charge is -2.24. The lowest BCUT2D eigenvalue weighted by Crippen LogP contribution is -2.20. The quantitative estimate of drug-likeness (QED) is 0.446. The Bertz CT molecular complexity index is 1230. The molecule has 1 aromatic heterocycles. The van der Waals surface area contributed by atoms with Crippen molar-refractivity contribution in [1.82, 2.24) is 14.8 Å². The molecule has 0 spiro atoms. The predicted molar refractivity (Wildman–Crippen MR) is 113 cm³/mol. The summed E-state index contributed by atoms with van der Waals surface area (Å²) in [5.74, 6) is 0.459. The molecule has 0 fully saturated rings. The Hall–Kier alpha value is -3.51. The molecule has 2 heterocycles. The van der Waals surface area contributed by atoms with Gasteiger partial charge in [0.25, 0.3) is 0 Å². The molecule has 0 saturated heterocycles. The smallest absolute Gasteiger partial charge is 0.227 e. The zero-order valence-electron chi connectivity index (χ0n) is 15.6. The number of hydrogen-bond donors (Lipinski definition) is 1. The summed E-state index contributed by atoms with van der Waals surface area (Å²) in [7, 11) is 0. The van der Waals surface area contributed by atoms with Crippen LogP contribution in [0.2, 0.25) is 5.02 Å². The fraction of sp³-hybridized carbons (Fsp3) is 0.0435.